The number of nitrogens with one attached hydrogen (secondary N) is 3. The van der Waals surface area contributed by atoms with Gasteiger partial charge in [-0.1, -0.05) is 25.5 Å². The first-order chi connectivity index (χ1) is 9.38. The van der Waals surface area contributed by atoms with E-state index in [1.165, 1.54) is 0 Å². The van der Waals surface area contributed by atoms with Gasteiger partial charge in [0.05, 0.1) is 0 Å². The van der Waals surface area contributed by atoms with E-state index in [0.29, 0.717) is 0 Å². The molecule has 20 heavy (non-hydrogen) atoms. The van der Waals surface area contributed by atoms with Crippen molar-refractivity contribution in [2.45, 2.75) is 52.1 Å². The average molecular weight is 277 g/mol. The Bertz CT molecular complexity index is 443. The summed E-state index contributed by atoms with van der Waals surface area (Å²) in [7, 11) is 1.92. The van der Waals surface area contributed by atoms with E-state index in [0.717, 1.165) is 24.1 Å². The van der Waals surface area contributed by atoms with Gasteiger partial charge in [-0.15, -0.1) is 0 Å². The van der Waals surface area contributed by atoms with Crippen LogP contribution < -0.4 is 16.0 Å². The second kappa shape index (κ2) is 7.29. The third kappa shape index (κ3) is 5.21. The zero-order chi connectivity index (χ0) is 15.2. The summed E-state index contributed by atoms with van der Waals surface area (Å²) in [6.45, 7) is 8.28. The highest BCUT2D eigenvalue weighted by Gasteiger charge is 2.19. The number of amides is 2. The first-order valence-corrected chi connectivity index (χ1v) is 7.24. The van der Waals surface area contributed by atoms with Gasteiger partial charge < -0.3 is 16.0 Å². The van der Waals surface area contributed by atoms with Crippen LogP contribution in [-0.4, -0.2) is 18.6 Å². The minimum absolute atomic E-state index is 0.155. The van der Waals surface area contributed by atoms with Crippen LogP contribution in [0.2, 0.25) is 0 Å². The highest BCUT2D eigenvalue weighted by molar-refractivity contribution is 5.89. The number of urea groups is 1. The van der Waals surface area contributed by atoms with E-state index in [1.54, 1.807) is 0 Å². The summed E-state index contributed by atoms with van der Waals surface area (Å²) in [6.07, 6.45) is 2.00. The molecule has 0 saturated heterocycles. The fourth-order valence-electron chi connectivity index (χ4n) is 2.21. The van der Waals surface area contributed by atoms with E-state index in [4.69, 9.17) is 0 Å². The number of carbonyl (C=O) groups is 1. The Balaban J connectivity index is 2.66. The summed E-state index contributed by atoms with van der Waals surface area (Å²) in [4.78, 5) is 12.0. The van der Waals surface area contributed by atoms with Gasteiger partial charge in [0.2, 0.25) is 0 Å². The fraction of sp³-hybridized carbons (Fsp3) is 0.562. The lowest BCUT2D eigenvalue weighted by Crippen LogP contribution is -2.45. The molecule has 1 atom stereocenters. The van der Waals surface area contributed by atoms with Crippen molar-refractivity contribution in [3.63, 3.8) is 0 Å². The van der Waals surface area contributed by atoms with Crippen LogP contribution in [-0.2, 0) is 0 Å². The number of benzene rings is 1. The molecule has 0 fully saturated rings. The zero-order valence-corrected chi connectivity index (χ0v) is 13.2. The van der Waals surface area contributed by atoms with Crippen LogP contribution >= 0.6 is 0 Å². The molecule has 0 aliphatic rings. The quantitative estimate of drug-likeness (QED) is 0.743. The van der Waals surface area contributed by atoms with Crippen molar-refractivity contribution < 1.29 is 4.79 Å². The smallest absolute Gasteiger partial charge is 0.319 e. The Hall–Kier alpha value is -1.55. The van der Waals surface area contributed by atoms with Crippen LogP contribution in [0.25, 0.3) is 0 Å². The molecule has 4 nitrogen and oxygen atoms in total. The SMILES string of the molecule is CCCC(C)(C)NC(=O)Nc1cccc(C(C)NC)c1. The largest absolute Gasteiger partial charge is 0.333 e. The lowest BCUT2D eigenvalue weighted by molar-refractivity contribution is 0.239. The molecule has 1 rings (SSSR count). The number of hydrogen-bond donors (Lipinski definition) is 3. The Labute approximate surface area is 122 Å². The maximum atomic E-state index is 12.0. The molecule has 0 aliphatic carbocycles. The number of rotatable bonds is 6. The summed E-state index contributed by atoms with van der Waals surface area (Å²) in [5.74, 6) is 0. The normalized spacial score (nSPS) is 12.8. The van der Waals surface area contributed by atoms with Crippen LogP contribution in [0.15, 0.2) is 24.3 Å². The average Bonchev–Trinajstić information content (AvgIpc) is 2.37. The van der Waals surface area contributed by atoms with E-state index < -0.39 is 0 Å². The maximum Gasteiger partial charge on any atom is 0.319 e. The van der Waals surface area contributed by atoms with Crippen LogP contribution in [0, 0.1) is 0 Å². The summed E-state index contributed by atoms with van der Waals surface area (Å²) in [5.41, 5.74) is 1.78. The molecule has 1 aromatic rings. The van der Waals surface area contributed by atoms with Crippen molar-refractivity contribution in [2.75, 3.05) is 12.4 Å². The molecule has 0 bridgehead atoms. The second-order valence-corrected chi connectivity index (χ2v) is 5.85. The number of anilines is 1. The van der Waals surface area contributed by atoms with Gasteiger partial charge in [-0.2, -0.15) is 0 Å². The topological polar surface area (TPSA) is 53.2 Å². The Kier molecular flexibility index (Phi) is 6.02. The fourth-order valence-corrected chi connectivity index (χ4v) is 2.21. The lowest BCUT2D eigenvalue weighted by Gasteiger charge is -2.26. The van der Waals surface area contributed by atoms with Crippen LogP contribution in [0.4, 0.5) is 10.5 Å². The van der Waals surface area contributed by atoms with Gasteiger partial charge >= 0.3 is 6.03 Å². The molecule has 0 aromatic heterocycles. The van der Waals surface area contributed by atoms with Crippen LogP contribution in [0.5, 0.6) is 0 Å². The minimum atomic E-state index is -0.186. The van der Waals surface area contributed by atoms with Crippen LogP contribution in [0.1, 0.15) is 52.1 Å². The highest BCUT2D eigenvalue weighted by Crippen LogP contribution is 2.17. The first-order valence-electron chi connectivity index (χ1n) is 7.24. The maximum absolute atomic E-state index is 12.0. The van der Waals surface area contributed by atoms with E-state index in [-0.39, 0.29) is 17.6 Å². The van der Waals surface area contributed by atoms with Crippen molar-refractivity contribution >= 4 is 11.7 Å². The van der Waals surface area contributed by atoms with Gasteiger partial charge in [-0.25, -0.2) is 4.79 Å². The van der Waals surface area contributed by atoms with Crippen molar-refractivity contribution in [2.24, 2.45) is 0 Å². The molecule has 3 N–H and O–H groups in total. The van der Waals surface area contributed by atoms with E-state index in [9.17, 15) is 4.79 Å². The van der Waals surface area contributed by atoms with Gasteiger partial charge in [0.15, 0.2) is 0 Å². The zero-order valence-electron chi connectivity index (χ0n) is 13.2. The molecule has 0 spiro atoms. The van der Waals surface area contributed by atoms with Gasteiger partial charge in [0, 0.05) is 17.3 Å². The van der Waals surface area contributed by atoms with Crippen LogP contribution in [0.3, 0.4) is 0 Å². The van der Waals surface area contributed by atoms with Crippen molar-refractivity contribution in [1.82, 2.24) is 10.6 Å². The summed E-state index contributed by atoms with van der Waals surface area (Å²) in [6, 6.07) is 8.00. The molecule has 4 heteroatoms. The molecule has 0 saturated carbocycles. The predicted molar refractivity (Wildman–Crippen MR) is 85.1 cm³/mol. The van der Waals surface area contributed by atoms with Crippen molar-refractivity contribution in [1.29, 1.82) is 0 Å². The van der Waals surface area contributed by atoms with Gasteiger partial charge in [-0.3, -0.25) is 0 Å². The number of carbonyl (C=O) groups excluding carboxylic acids is 1. The molecule has 1 unspecified atom stereocenters. The molecule has 0 radical (unpaired) electrons. The van der Waals surface area contributed by atoms with E-state index in [2.05, 4.69) is 29.8 Å². The monoisotopic (exact) mass is 277 g/mol. The Morgan fingerprint density at radius 1 is 1.35 bits per heavy atom. The van der Waals surface area contributed by atoms with E-state index in [1.807, 2.05) is 45.2 Å². The Morgan fingerprint density at radius 3 is 2.65 bits per heavy atom. The molecule has 2 amide bonds. The Morgan fingerprint density at radius 2 is 2.05 bits per heavy atom. The number of hydrogen-bond acceptors (Lipinski definition) is 2. The third-order valence-corrected chi connectivity index (χ3v) is 3.40. The lowest BCUT2D eigenvalue weighted by atomic mass is 9.99. The molecule has 0 heterocycles. The van der Waals surface area contributed by atoms with Gasteiger partial charge in [0.1, 0.15) is 0 Å². The molecule has 1 aromatic carbocycles. The molecule has 0 aliphatic heterocycles. The van der Waals surface area contributed by atoms with Crippen molar-refractivity contribution in [3.05, 3.63) is 29.8 Å². The summed E-state index contributed by atoms with van der Waals surface area (Å²) in [5, 5.41) is 9.09. The third-order valence-electron chi connectivity index (χ3n) is 3.40. The standard InChI is InChI=1S/C16H27N3O/c1-6-10-16(3,4)19-15(20)18-14-9-7-8-13(11-14)12(2)17-5/h7-9,11-12,17H,6,10H2,1-5H3,(H2,18,19,20). The molecule has 112 valence electrons. The molecular weight excluding hydrogens is 250 g/mol. The van der Waals surface area contributed by atoms with E-state index >= 15 is 0 Å². The van der Waals surface area contributed by atoms with Gasteiger partial charge in [0.25, 0.3) is 0 Å². The summed E-state index contributed by atoms with van der Waals surface area (Å²) < 4.78 is 0. The first kappa shape index (κ1) is 16.5. The van der Waals surface area contributed by atoms with Crippen molar-refractivity contribution in [3.8, 4) is 0 Å². The molecular formula is C16H27N3O. The predicted octanol–water partition coefficient (Wildman–Crippen LogP) is 3.67. The highest BCUT2D eigenvalue weighted by atomic mass is 16.2. The second-order valence-electron chi connectivity index (χ2n) is 5.85. The summed E-state index contributed by atoms with van der Waals surface area (Å²) >= 11 is 0. The minimum Gasteiger partial charge on any atom is -0.333 e. The van der Waals surface area contributed by atoms with Gasteiger partial charge in [-0.05, 0) is 51.9 Å².